The third-order valence-corrected chi connectivity index (χ3v) is 13.7. The number of carbonyl (C=O) groups excluding carboxylic acids is 1. The molecule has 72 heavy (non-hydrogen) atoms. The van der Waals surface area contributed by atoms with Gasteiger partial charge in [0.2, 0.25) is 0 Å². The summed E-state index contributed by atoms with van der Waals surface area (Å²) >= 11 is 0. The quantitative estimate of drug-likeness (QED) is 0.0146. The fourth-order valence-electron chi connectivity index (χ4n) is 8.30. The molecule has 1 aliphatic carbocycles. The van der Waals surface area contributed by atoms with Crippen molar-refractivity contribution in [2.24, 2.45) is 0 Å². The molecule has 0 aromatic heterocycles. The van der Waals surface area contributed by atoms with E-state index in [4.69, 9.17) is 18.5 Å². The lowest BCUT2D eigenvalue weighted by molar-refractivity contribution is -0.220. The van der Waals surface area contributed by atoms with Gasteiger partial charge in [-0.3, -0.25) is 13.8 Å². The van der Waals surface area contributed by atoms with Crippen LogP contribution in [0.15, 0.2) is 85.1 Å². The zero-order valence-corrected chi connectivity index (χ0v) is 45.8. The summed E-state index contributed by atoms with van der Waals surface area (Å²) < 4.78 is 34.4. The molecule has 0 aliphatic heterocycles. The lowest BCUT2D eigenvalue weighted by Gasteiger charge is -2.41. The number of hydrogen-bond acceptors (Lipinski definition) is 11. The minimum absolute atomic E-state index is 0.0898. The summed E-state index contributed by atoms with van der Waals surface area (Å²) in [6.45, 7) is 4.13. The average molecular weight is 1040 g/mol. The largest absolute Gasteiger partial charge is 0.472 e. The Bertz CT molecular complexity index is 1510. The van der Waals surface area contributed by atoms with Crippen LogP contribution in [0.4, 0.5) is 0 Å². The van der Waals surface area contributed by atoms with Crippen molar-refractivity contribution in [1.29, 1.82) is 0 Å². The highest BCUT2D eigenvalue weighted by atomic mass is 31.2. The monoisotopic (exact) mass is 1030 g/mol. The second-order valence-corrected chi connectivity index (χ2v) is 20.8. The van der Waals surface area contributed by atoms with Gasteiger partial charge >= 0.3 is 13.8 Å². The van der Waals surface area contributed by atoms with Crippen LogP contribution in [0.25, 0.3) is 0 Å². The van der Waals surface area contributed by atoms with Crippen LogP contribution in [-0.4, -0.2) is 98.9 Å². The molecule has 12 nitrogen and oxygen atoms in total. The fraction of sp³-hybridized carbons (Fsp3) is 0.746. The van der Waals surface area contributed by atoms with E-state index in [-0.39, 0.29) is 13.0 Å². The van der Waals surface area contributed by atoms with Crippen LogP contribution in [0.1, 0.15) is 219 Å². The van der Waals surface area contributed by atoms with Crippen LogP contribution in [0.2, 0.25) is 0 Å². The summed E-state index contributed by atoms with van der Waals surface area (Å²) in [5.74, 6) is -0.497. The van der Waals surface area contributed by atoms with E-state index < -0.39 is 63.1 Å². The highest BCUT2D eigenvalue weighted by Crippen LogP contribution is 2.47. The van der Waals surface area contributed by atoms with Gasteiger partial charge < -0.3 is 39.9 Å². The lowest BCUT2D eigenvalue weighted by Crippen LogP contribution is -2.64. The van der Waals surface area contributed by atoms with Crippen LogP contribution in [0, 0.1) is 0 Å². The Labute approximate surface area is 437 Å². The highest BCUT2D eigenvalue weighted by molar-refractivity contribution is 7.47. The number of ether oxygens (including phenoxy) is 2. The van der Waals surface area contributed by atoms with Gasteiger partial charge in [0.1, 0.15) is 42.7 Å². The molecule has 0 amide bonds. The number of esters is 1. The molecule has 6 atom stereocenters. The number of aliphatic hydroxyl groups is 5. The predicted octanol–water partition coefficient (Wildman–Crippen LogP) is 13.7. The first-order valence-electron chi connectivity index (χ1n) is 28.4. The minimum Gasteiger partial charge on any atom is -0.457 e. The Morgan fingerprint density at radius 2 is 0.819 bits per heavy atom. The van der Waals surface area contributed by atoms with E-state index in [2.05, 4.69) is 98.9 Å². The molecule has 1 rings (SSSR count). The van der Waals surface area contributed by atoms with Crippen LogP contribution < -0.4 is 0 Å². The van der Waals surface area contributed by atoms with Crippen LogP contribution in [0.5, 0.6) is 0 Å². The van der Waals surface area contributed by atoms with Crippen molar-refractivity contribution in [3.63, 3.8) is 0 Å². The molecule has 416 valence electrons. The van der Waals surface area contributed by atoms with E-state index in [9.17, 15) is 39.8 Å². The summed E-state index contributed by atoms with van der Waals surface area (Å²) in [5, 5.41) is 50.4. The average Bonchev–Trinajstić information content (AvgIpc) is 3.37. The second kappa shape index (κ2) is 48.2. The molecule has 0 aromatic carbocycles. The highest BCUT2D eigenvalue weighted by Gasteiger charge is 2.51. The number of allylic oxidation sites excluding steroid dienone is 14. The Morgan fingerprint density at radius 1 is 0.458 bits per heavy atom. The van der Waals surface area contributed by atoms with Crippen LogP contribution in [0.3, 0.4) is 0 Å². The SMILES string of the molecule is CC/C=C\C/C=C\C/C=C\C/C=C\C/C=C\CCCCCCCC(=O)OC(COCCCCCCCCCCCCCC/C=C\C/C=C\CCCCCCC)COP(=O)(O)OC1C(O)C(O)C(O)C(O)C1O. The molecule has 1 fully saturated rings. The van der Waals surface area contributed by atoms with Crippen molar-refractivity contribution in [1.82, 2.24) is 0 Å². The van der Waals surface area contributed by atoms with E-state index in [0.29, 0.717) is 13.0 Å². The Balaban J connectivity index is 2.31. The fourth-order valence-corrected chi connectivity index (χ4v) is 9.27. The summed E-state index contributed by atoms with van der Waals surface area (Å²) in [4.78, 5) is 23.3. The van der Waals surface area contributed by atoms with Gasteiger partial charge in [0, 0.05) is 13.0 Å². The molecule has 0 aromatic rings. The zero-order valence-electron chi connectivity index (χ0n) is 45.0. The van der Waals surface area contributed by atoms with Gasteiger partial charge in [-0.2, -0.15) is 0 Å². The number of aliphatic hydroxyl groups excluding tert-OH is 5. The van der Waals surface area contributed by atoms with E-state index in [1.54, 1.807) is 0 Å². The van der Waals surface area contributed by atoms with Gasteiger partial charge in [-0.05, 0) is 89.9 Å². The maximum Gasteiger partial charge on any atom is 0.472 e. The van der Waals surface area contributed by atoms with E-state index in [1.165, 1.54) is 103 Å². The molecular formula is C59H103O12P. The molecule has 6 N–H and O–H groups in total. The minimum atomic E-state index is -5.04. The predicted molar refractivity (Wildman–Crippen MR) is 294 cm³/mol. The molecule has 0 spiro atoms. The molecule has 6 unspecified atom stereocenters. The smallest absolute Gasteiger partial charge is 0.457 e. The Kier molecular flexibility index (Phi) is 45.2. The maximum absolute atomic E-state index is 12.9. The number of phosphoric ester groups is 1. The summed E-state index contributed by atoms with van der Waals surface area (Å²) in [6.07, 6.45) is 53.6. The topological polar surface area (TPSA) is 192 Å². The standard InChI is InChI=1S/C59H103O12P/c1-3-5-7-9-11-13-15-17-19-21-23-25-26-27-29-31-33-35-37-39-41-43-45-47-49-68-50-52(51-69-72(66,67)71-59-57(64)55(62)54(61)56(63)58(59)65)70-53(60)48-46-44-42-40-38-36-34-32-30-28-24-22-20-18-16-14-12-10-8-6-4-2/h6,8,12,14-15,17-18,20-21,23-24,28,32,34,52,54-59,61-65H,3-5,7,9-11,13,16,19,22,25-27,29-31,33,35-51H2,1-2H3,(H,66,67)/b8-6-,14-12-,17-15-,20-18-,23-21-,28-24-,34-32-. The summed E-state index contributed by atoms with van der Waals surface area (Å²) in [6, 6.07) is 0. The maximum atomic E-state index is 12.9. The molecule has 1 aliphatic rings. The number of rotatable bonds is 48. The first kappa shape index (κ1) is 67.5. The zero-order chi connectivity index (χ0) is 52.6. The van der Waals surface area contributed by atoms with Crippen molar-refractivity contribution >= 4 is 13.8 Å². The molecular weight excluding hydrogens is 932 g/mol. The second-order valence-electron chi connectivity index (χ2n) is 19.4. The first-order chi connectivity index (χ1) is 35.0. The van der Waals surface area contributed by atoms with Crippen molar-refractivity contribution in [3.05, 3.63) is 85.1 Å². The van der Waals surface area contributed by atoms with Gasteiger partial charge in [0.25, 0.3) is 0 Å². The van der Waals surface area contributed by atoms with Crippen molar-refractivity contribution in [2.45, 2.75) is 262 Å². The normalized spacial score (nSPS) is 21.3. The first-order valence-corrected chi connectivity index (χ1v) is 29.9. The Morgan fingerprint density at radius 3 is 1.25 bits per heavy atom. The van der Waals surface area contributed by atoms with Crippen LogP contribution >= 0.6 is 7.82 Å². The van der Waals surface area contributed by atoms with Crippen LogP contribution in [-0.2, 0) is 27.9 Å². The van der Waals surface area contributed by atoms with E-state index in [1.807, 2.05) is 0 Å². The van der Waals surface area contributed by atoms with Gasteiger partial charge in [-0.15, -0.1) is 0 Å². The van der Waals surface area contributed by atoms with Gasteiger partial charge in [-0.1, -0.05) is 208 Å². The third kappa shape index (κ3) is 39.0. The number of hydrogen-bond donors (Lipinski definition) is 6. The lowest BCUT2D eigenvalue weighted by atomic mass is 9.85. The number of unbranched alkanes of at least 4 members (excludes halogenated alkanes) is 22. The molecule has 0 heterocycles. The number of carbonyl (C=O) groups is 1. The van der Waals surface area contributed by atoms with E-state index in [0.717, 1.165) is 89.9 Å². The molecule has 0 saturated heterocycles. The van der Waals surface area contributed by atoms with Crippen molar-refractivity contribution in [2.75, 3.05) is 19.8 Å². The van der Waals surface area contributed by atoms with Gasteiger partial charge in [-0.25, -0.2) is 4.57 Å². The molecule has 1 saturated carbocycles. The summed E-state index contributed by atoms with van der Waals surface area (Å²) in [5.41, 5.74) is 0. The third-order valence-electron chi connectivity index (χ3n) is 12.8. The van der Waals surface area contributed by atoms with Gasteiger partial charge in [0.05, 0.1) is 13.2 Å². The Hall–Kier alpha value is -2.48. The molecule has 13 heteroatoms. The van der Waals surface area contributed by atoms with Crippen molar-refractivity contribution in [3.8, 4) is 0 Å². The van der Waals surface area contributed by atoms with Crippen molar-refractivity contribution < 1.29 is 58.3 Å². The van der Waals surface area contributed by atoms with E-state index >= 15 is 0 Å². The summed E-state index contributed by atoms with van der Waals surface area (Å²) in [7, 11) is -5.04. The molecule has 0 bridgehead atoms. The number of phosphoric acid groups is 1. The van der Waals surface area contributed by atoms with Gasteiger partial charge in [0.15, 0.2) is 0 Å². The molecule has 0 radical (unpaired) electrons.